The molecule has 0 radical (unpaired) electrons. The third-order valence-corrected chi connectivity index (χ3v) is 7.01. The summed E-state index contributed by atoms with van der Waals surface area (Å²) in [6, 6.07) is 8.44. The summed E-state index contributed by atoms with van der Waals surface area (Å²) in [6.07, 6.45) is 1.69. The van der Waals surface area contributed by atoms with Crippen LogP contribution in [0.25, 0.3) is 0 Å². The van der Waals surface area contributed by atoms with E-state index >= 15 is 0 Å². The van der Waals surface area contributed by atoms with Crippen molar-refractivity contribution in [1.29, 1.82) is 0 Å². The standard InChI is InChI=1S/C18H22N2O3S2/c1-3-16-15-9-11-24-17(15)8-10-20(16)18(21)13-6-5-7-14(12-13)25(22,23)19-4-2/h5-7,9,11-12,16,19H,3-4,8,10H2,1-2H3. The number of hydrogen-bond donors (Lipinski definition) is 1. The molecule has 25 heavy (non-hydrogen) atoms. The van der Waals surface area contributed by atoms with Crippen LogP contribution in [0.3, 0.4) is 0 Å². The van der Waals surface area contributed by atoms with Crippen molar-refractivity contribution in [2.75, 3.05) is 13.1 Å². The molecule has 1 N–H and O–H groups in total. The summed E-state index contributed by atoms with van der Waals surface area (Å²) < 4.78 is 26.9. The monoisotopic (exact) mass is 378 g/mol. The fourth-order valence-electron chi connectivity index (χ4n) is 3.32. The number of carbonyl (C=O) groups excluding carboxylic acids is 1. The second-order valence-corrected chi connectivity index (χ2v) is 8.77. The molecule has 2 aromatic rings. The molecule has 0 spiro atoms. The molecule has 2 heterocycles. The maximum atomic E-state index is 13.1. The summed E-state index contributed by atoms with van der Waals surface area (Å²) in [7, 11) is -3.57. The Morgan fingerprint density at radius 1 is 1.32 bits per heavy atom. The molecular weight excluding hydrogens is 356 g/mol. The van der Waals surface area contributed by atoms with E-state index in [1.54, 1.807) is 30.4 Å². The first-order valence-electron chi connectivity index (χ1n) is 8.45. The van der Waals surface area contributed by atoms with Crippen molar-refractivity contribution in [1.82, 2.24) is 9.62 Å². The minimum atomic E-state index is -3.57. The molecule has 0 fully saturated rings. The van der Waals surface area contributed by atoms with E-state index in [1.807, 2.05) is 4.90 Å². The second kappa shape index (κ2) is 7.27. The van der Waals surface area contributed by atoms with Crippen LogP contribution in [0.5, 0.6) is 0 Å². The van der Waals surface area contributed by atoms with E-state index < -0.39 is 10.0 Å². The van der Waals surface area contributed by atoms with Crippen LogP contribution in [0, 0.1) is 0 Å². The van der Waals surface area contributed by atoms with E-state index in [0.717, 1.165) is 12.8 Å². The molecule has 134 valence electrons. The lowest BCUT2D eigenvalue weighted by atomic mass is 9.97. The van der Waals surface area contributed by atoms with E-state index in [2.05, 4.69) is 23.1 Å². The van der Waals surface area contributed by atoms with Gasteiger partial charge in [-0.25, -0.2) is 13.1 Å². The summed E-state index contributed by atoms with van der Waals surface area (Å²) in [4.78, 5) is 16.4. The highest BCUT2D eigenvalue weighted by atomic mass is 32.2. The SMILES string of the molecule is CCNS(=O)(=O)c1cccc(C(=O)N2CCc3sccc3C2CC)c1. The van der Waals surface area contributed by atoms with Gasteiger partial charge < -0.3 is 4.90 Å². The Balaban J connectivity index is 1.91. The third kappa shape index (κ3) is 3.49. The number of thiophene rings is 1. The predicted octanol–water partition coefficient (Wildman–Crippen LogP) is 3.20. The lowest BCUT2D eigenvalue weighted by Crippen LogP contribution is -2.39. The molecule has 1 amide bonds. The zero-order chi connectivity index (χ0) is 18.0. The summed E-state index contributed by atoms with van der Waals surface area (Å²) in [5, 5.41) is 2.07. The van der Waals surface area contributed by atoms with Gasteiger partial charge in [-0.1, -0.05) is 19.9 Å². The van der Waals surface area contributed by atoms with E-state index in [1.165, 1.54) is 22.6 Å². The molecule has 1 aromatic heterocycles. The molecule has 0 bridgehead atoms. The molecule has 3 rings (SSSR count). The Hall–Kier alpha value is -1.70. The number of sulfonamides is 1. The van der Waals surface area contributed by atoms with Gasteiger partial charge in [-0.15, -0.1) is 11.3 Å². The molecule has 0 saturated carbocycles. The van der Waals surface area contributed by atoms with Crippen molar-refractivity contribution in [3.8, 4) is 0 Å². The van der Waals surface area contributed by atoms with Crippen LogP contribution >= 0.6 is 11.3 Å². The molecule has 1 aliphatic rings. The van der Waals surface area contributed by atoms with Gasteiger partial charge >= 0.3 is 0 Å². The van der Waals surface area contributed by atoms with Crippen LogP contribution in [0.2, 0.25) is 0 Å². The number of nitrogens with one attached hydrogen (secondary N) is 1. The average Bonchev–Trinajstić information content (AvgIpc) is 3.09. The predicted molar refractivity (Wildman–Crippen MR) is 99.4 cm³/mol. The number of amides is 1. The molecule has 5 nitrogen and oxygen atoms in total. The molecule has 1 aromatic carbocycles. The van der Waals surface area contributed by atoms with E-state index in [-0.39, 0.29) is 16.8 Å². The topological polar surface area (TPSA) is 66.5 Å². The summed E-state index contributed by atoms with van der Waals surface area (Å²) >= 11 is 1.74. The van der Waals surface area contributed by atoms with Gasteiger partial charge in [-0.3, -0.25) is 4.79 Å². The van der Waals surface area contributed by atoms with Crippen LogP contribution < -0.4 is 4.72 Å². The summed E-state index contributed by atoms with van der Waals surface area (Å²) in [5.74, 6) is -0.114. The highest BCUT2D eigenvalue weighted by molar-refractivity contribution is 7.89. The fraction of sp³-hybridized carbons (Fsp3) is 0.389. The van der Waals surface area contributed by atoms with Crippen LogP contribution in [0.1, 0.15) is 47.1 Å². The molecule has 7 heteroatoms. The zero-order valence-electron chi connectivity index (χ0n) is 14.4. The van der Waals surface area contributed by atoms with Gasteiger partial charge in [-0.2, -0.15) is 0 Å². The van der Waals surface area contributed by atoms with Gasteiger partial charge in [0.05, 0.1) is 10.9 Å². The fourth-order valence-corrected chi connectivity index (χ4v) is 5.33. The van der Waals surface area contributed by atoms with Crippen LogP contribution in [-0.4, -0.2) is 32.3 Å². The lowest BCUT2D eigenvalue weighted by Gasteiger charge is -2.35. The van der Waals surface area contributed by atoms with Crippen molar-refractivity contribution < 1.29 is 13.2 Å². The number of fused-ring (bicyclic) bond motifs is 1. The van der Waals surface area contributed by atoms with E-state index in [9.17, 15) is 13.2 Å². The highest BCUT2D eigenvalue weighted by Gasteiger charge is 2.31. The number of hydrogen-bond acceptors (Lipinski definition) is 4. The minimum absolute atomic E-state index is 0.0523. The van der Waals surface area contributed by atoms with Crippen molar-refractivity contribution >= 4 is 27.3 Å². The molecule has 1 aliphatic heterocycles. The molecular formula is C18H22N2O3S2. The Bertz CT molecular complexity index is 874. The third-order valence-electron chi connectivity index (χ3n) is 4.47. The van der Waals surface area contributed by atoms with Gasteiger partial charge in [0.25, 0.3) is 5.91 Å². The van der Waals surface area contributed by atoms with Crippen LogP contribution in [-0.2, 0) is 16.4 Å². The van der Waals surface area contributed by atoms with Gasteiger partial charge in [-0.05, 0) is 48.1 Å². The minimum Gasteiger partial charge on any atom is -0.331 e. The Kier molecular flexibility index (Phi) is 5.27. The first-order chi connectivity index (χ1) is 12.0. The quantitative estimate of drug-likeness (QED) is 0.869. The first-order valence-corrected chi connectivity index (χ1v) is 10.8. The summed E-state index contributed by atoms with van der Waals surface area (Å²) in [6.45, 7) is 4.77. The average molecular weight is 379 g/mol. The number of benzene rings is 1. The summed E-state index contributed by atoms with van der Waals surface area (Å²) in [5.41, 5.74) is 1.64. The van der Waals surface area contributed by atoms with Crippen molar-refractivity contribution in [2.24, 2.45) is 0 Å². The van der Waals surface area contributed by atoms with Crippen molar-refractivity contribution in [3.63, 3.8) is 0 Å². The highest BCUT2D eigenvalue weighted by Crippen LogP contribution is 2.36. The smallest absolute Gasteiger partial charge is 0.254 e. The van der Waals surface area contributed by atoms with Crippen molar-refractivity contribution in [2.45, 2.75) is 37.6 Å². The largest absolute Gasteiger partial charge is 0.331 e. The van der Waals surface area contributed by atoms with Crippen LogP contribution in [0.15, 0.2) is 40.6 Å². The molecule has 1 atom stereocenters. The number of carbonyl (C=O) groups is 1. The second-order valence-electron chi connectivity index (χ2n) is 6.00. The van der Waals surface area contributed by atoms with E-state index in [4.69, 9.17) is 0 Å². The van der Waals surface area contributed by atoms with Crippen LogP contribution in [0.4, 0.5) is 0 Å². The number of rotatable bonds is 5. The molecule has 0 saturated heterocycles. The van der Waals surface area contributed by atoms with Gasteiger partial charge in [0.15, 0.2) is 0 Å². The number of nitrogens with zero attached hydrogens (tertiary/aromatic N) is 1. The zero-order valence-corrected chi connectivity index (χ0v) is 16.0. The van der Waals surface area contributed by atoms with Gasteiger partial charge in [0.1, 0.15) is 0 Å². The first kappa shape index (κ1) is 18.1. The molecule has 1 unspecified atom stereocenters. The van der Waals surface area contributed by atoms with Gasteiger partial charge in [0, 0.05) is 23.5 Å². The lowest BCUT2D eigenvalue weighted by molar-refractivity contribution is 0.0657. The van der Waals surface area contributed by atoms with Crippen molar-refractivity contribution in [3.05, 3.63) is 51.7 Å². The maximum Gasteiger partial charge on any atom is 0.254 e. The Morgan fingerprint density at radius 3 is 2.84 bits per heavy atom. The van der Waals surface area contributed by atoms with E-state index in [0.29, 0.717) is 18.7 Å². The normalized spacial score (nSPS) is 17.4. The Labute approximate surface area is 152 Å². The van der Waals surface area contributed by atoms with Gasteiger partial charge in [0.2, 0.25) is 10.0 Å². The maximum absolute atomic E-state index is 13.1. The Morgan fingerprint density at radius 2 is 2.12 bits per heavy atom. The molecule has 0 aliphatic carbocycles.